The minimum atomic E-state index is -0.378. The summed E-state index contributed by atoms with van der Waals surface area (Å²) in [5.41, 5.74) is 1.76. The van der Waals surface area contributed by atoms with Gasteiger partial charge in [-0.1, -0.05) is 24.3 Å². The molecule has 0 bridgehead atoms. The second-order valence-electron chi connectivity index (χ2n) is 6.36. The minimum absolute atomic E-state index is 0. The molecule has 5 nitrogen and oxygen atoms in total. The monoisotopic (exact) mass is 391 g/mol. The number of piperazine rings is 1. The number of amides is 2. The molecule has 0 saturated carbocycles. The Labute approximate surface area is 164 Å². The standard InChI is InChI=1S/C20H22FN3O2.ClH/c1-15-7-8-16(13-18(15)21)20(26)24-11-9-23(10-12-24)19(25)14-22-17-5-3-2-4-6-17;/h2-8,13,22H,9-12,14H2,1H3;1H. The van der Waals surface area contributed by atoms with Crippen molar-refractivity contribution in [3.05, 3.63) is 65.5 Å². The minimum Gasteiger partial charge on any atom is -0.376 e. The van der Waals surface area contributed by atoms with E-state index in [0.29, 0.717) is 37.3 Å². The largest absolute Gasteiger partial charge is 0.376 e. The van der Waals surface area contributed by atoms with Crippen molar-refractivity contribution in [1.29, 1.82) is 0 Å². The van der Waals surface area contributed by atoms with Gasteiger partial charge in [0.25, 0.3) is 5.91 Å². The van der Waals surface area contributed by atoms with Crippen LogP contribution in [0.15, 0.2) is 48.5 Å². The maximum absolute atomic E-state index is 13.7. The van der Waals surface area contributed by atoms with Crippen LogP contribution in [0, 0.1) is 12.7 Å². The maximum Gasteiger partial charge on any atom is 0.254 e. The molecule has 0 aromatic heterocycles. The summed E-state index contributed by atoms with van der Waals surface area (Å²) in [6.45, 7) is 3.75. The van der Waals surface area contributed by atoms with Crippen molar-refractivity contribution >= 4 is 29.9 Å². The van der Waals surface area contributed by atoms with E-state index < -0.39 is 0 Å². The number of halogens is 2. The van der Waals surface area contributed by atoms with Gasteiger partial charge in [-0.25, -0.2) is 4.39 Å². The quantitative estimate of drug-likeness (QED) is 0.871. The van der Waals surface area contributed by atoms with E-state index in [4.69, 9.17) is 0 Å². The highest BCUT2D eigenvalue weighted by atomic mass is 35.5. The molecule has 0 spiro atoms. The van der Waals surface area contributed by atoms with Crippen LogP contribution in [-0.4, -0.2) is 54.3 Å². The van der Waals surface area contributed by atoms with E-state index in [-0.39, 0.29) is 36.6 Å². The average molecular weight is 392 g/mol. The van der Waals surface area contributed by atoms with Crippen molar-refractivity contribution in [3.8, 4) is 0 Å². The molecule has 1 saturated heterocycles. The second kappa shape index (κ2) is 9.37. The van der Waals surface area contributed by atoms with Gasteiger partial charge in [-0.05, 0) is 36.8 Å². The van der Waals surface area contributed by atoms with E-state index in [9.17, 15) is 14.0 Å². The zero-order valence-electron chi connectivity index (χ0n) is 15.2. The van der Waals surface area contributed by atoms with Gasteiger partial charge in [0.1, 0.15) is 5.82 Å². The fourth-order valence-electron chi connectivity index (χ4n) is 2.91. The van der Waals surface area contributed by atoms with E-state index in [2.05, 4.69) is 5.32 Å². The lowest BCUT2D eigenvalue weighted by Gasteiger charge is -2.35. The summed E-state index contributed by atoms with van der Waals surface area (Å²) in [6.07, 6.45) is 0. The number of carbonyl (C=O) groups is 2. The van der Waals surface area contributed by atoms with Crippen molar-refractivity contribution in [2.24, 2.45) is 0 Å². The number of benzene rings is 2. The van der Waals surface area contributed by atoms with E-state index in [1.807, 2.05) is 30.3 Å². The molecular weight excluding hydrogens is 369 g/mol. The molecule has 1 N–H and O–H groups in total. The summed E-state index contributed by atoms with van der Waals surface area (Å²) in [5, 5.41) is 3.10. The van der Waals surface area contributed by atoms with Gasteiger partial charge in [0, 0.05) is 37.4 Å². The van der Waals surface area contributed by atoms with Crippen LogP contribution in [0.5, 0.6) is 0 Å². The molecule has 0 atom stereocenters. The van der Waals surface area contributed by atoms with Gasteiger partial charge in [-0.15, -0.1) is 12.4 Å². The van der Waals surface area contributed by atoms with Crippen molar-refractivity contribution in [2.75, 3.05) is 38.0 Å². The molecule has 1 heterocycles. The molecule has 2 aromatic rings. The summed E-state index contributed by atoms with van der Waals surface area (Å²) >= 11 is 0. The SMILES string of the molecule is Cc1ccc(C(=O)N2CCN(C(=O)CNc3ccccc3)CC2)cc1F.Cl. The summed E-state index contributed by atoms with van der Waals surface area (Å²) in [6, 6.07) is 14.1. The molecule has 0 aliphatic carbocycles. The third-order valence-corrected chi connectivity index (χ3v) is 4.56. The molecular formula is C20H23ClFN3O2. The average Bonchev–Trinajstić information content (AvgIpc) is 2.68. The maximum atomic E-state index is 13.7. The first kappa shape index (κ1) is 20.7. The Balaban J connectivity index is 0.00000261. The Morgan fingerprint density at radius 1 is 1.00 bits per heavy atom. The third-order valence-electron chi connectivity index (χ3n) is 4.56. The molecule has 0 unspecified atom stereocenters. The number of hydrogen-bond acceptors (Lipinski definition) is 3. The Bertz CT molecular complexity index is 793. The number of nitrogens with zero attached hydrogens (tertiary/aromatic N) is 2. The highest BCUT2D eigenvalue weighted by molar-refractivity contribution is 5.94. The summed E-state index contributed by atoms with van der Waals surface area (Å²) in [5.74, 6) is -0.572. The Morgan fingerprint density at radius 2 is 1.63 bits per heavy atom. The van der Waals surface area contributed by atoms with Crippen molar-refractivity contribution in [1.82, 2.24) is 9.80 Å². The van der Waals surface area contributed by atoms with Crippen LogP contribution in [0.3, 0.4) is 0 Å². The van der Waals surface area contributed by atoms with E-state index in [0.717, 1.165) is 5.69 Å². The van der Waals surface area contributed by atoms with E-state index in [1.54, 1.807) is 28.9 Å². The van der Waals surface area contributed by atoms with Crippen LogP contribution in [0.2, 0.25) is 0 Å². The van der Waals surface area contributed by atoms with Gasteiger partial charge < -0.3 is 15.1 Å². The predicted molar refractivity (Wildman–Crippen MR) is 106 cm³/mol. The van der Waals surface area contributed by atoms with Gasteiger partial charge in [-0.3, -0.25) is 9.59 Å². The Hall–Kier alpha value is -2.60. The summed E-state index contributed by atoms with van der Waals surface area (Å²) in [4.78, 5) is 28.2. The number of aryl methyl sites for hydroxylation is 1. The van der Waals surface area contributed by atoms with Crippen LogP contribution in [0.1, 0.15) is 15.9 Å². The van der Waals surface area contributed by atoms with Gasteiger partial charge in [0.05, 0.1) is 6.54 Å². The molecule has 1 aliphatic heterocycles. The topological polar surface area (TPSA) is 52.7 Å². The van der Waals surface area contributed by atoms with Gasteiger partial charge in [0.15, 0.2) is 0 Å². The first-order valence-corrected chi connectivity index (χ1v) is 8.67. The predicted octanol–water partition coefficient (Wildman–Crippen LogP) is 2.95. The molecule has 2 amide bonds. The first-order chi connectivity index (χ1) is 12.5. The van der Waals surface area contributed by atoms with Gasteiger partial charge in [0.2, 0.25) is 5.91 Å². The van der Waals surface area contributed by atoms with E-state index in [1.165, 1.54) is 6.07 Å². The number of carbonyl (C=O) groups excluding carboxylic acids is 2. The highest BCUT2D eigenvalue weighted by Crippen LogP contribution is 2.13. The lowest BCUT2D eigenvalue weighted by atomic mass is 10.1. The molecule has 27 heavy (non-hydrogen) atoms. The zero-order valence-corrected chi connectivity index (χ0v) is 16.0. The van der Waals surface area contributed by atoms with Crippen molar-refractivity contribution < 1.29 is 14.0 Å². The van der Waals surface area contributed by atoms with Crippen LogP contribution >= 0.6 is 12.4 Å². The van der Waals surface area contributed by atoms with Crippen LogP contribution in [0.25, 0.3) is 0 Å². The van der Waals surface area contributed by atoms with Crippen LogP contribution in [0.4, 0.5) is 10.1 Å². The fraction of sp³-hybridized carbons (Fsp3) is 0.300. The molecule has 7 heteroatoms. The molecule has 2 aromatic carbocycles. The molecule has 1 fully saturated rings. The normalized spacial score (nSPS) is 13.7. The Morgan fingerprint density at radius 3 is 2.26 bits per heavy atom. The summed E-state index contributed by atoms with van der Waals surface area (Å²) < 4.78 is 13.7. The second-order valence-corrected chi connectivity index (χ2v) is 6.36. The van der Waals surface area contributed by atoms with Gasteiger partial charge in [-0.2, -0.15) is 0 Å². The number of anilines is 1. The third kappa shape index (κ3) is 5.20. The van der Waals surface area contributed by atoms with Crippen molar-refractivity contribution in [3.63, 3.8) is 0 Å². The number of nitrogens with one attached hydrogen (secondary N) is 1. The highest BCUT2D eigenvalue weighted by Gasteiger charge is 2.25. The van der Waals surface area contributed by atoms with Gasteiger partial charge >= 0.3 is 0 Å². The lowest BCUT2D eigenvalue weighted by Crippen LogP contribution is -2.51. The molecule has 144 valence electrons. The van der Waals surface area contributed by atoms with Crippen molar-refractivity contribution in [2.45, 2.75) is 6.92 Å². The lowest BCUT2D eigenvalue weighted by molar-refractivity contribution is -0.130. The smallest absolute Gasteiger partial charge is 0.254 e. The Kier molecular flexibility index (Phi) is 7.19. The number of hydrogen-bond donors (Lipinski definition) is 1. The number of para-hydroxylation sites is 1. The zero-order chi connectivity index (χ0) is 18.5. The van der Waals surface area contributed by atoms with Crippen LogP contribution < -0.4 is 5.32 Å². The van der Waals surface area contributed by atoms with Crippen LogP contribution in [-0.2, 0) is 4.79 Å². The fourth-order valence-corrected chi connectivity index (χ4v) is 2.91. The molecule has 3 rings (SSSR count). The summed E-state index contributed by atoms with van der Waals surface area (Å²) in [7, 11) is 0. The number of rotatable bonds is 4. The molecule has 0 radical (unpaired) electrons. The first-order valence-electron chi connectivity index (χ1n) is 8.67. The molecule has 1 aliphatic rings. The van der Waals surface area contributed by atoms with E-state index >= 15 is 0 Å².